The summed E-state index contributed by atoms with van der Waals surface area (Å²) >= 11 is 5.36. The summed E-state index contributed by atoms with van der Waals surface area (Å²) in [5.74, 6) is -2.55. The average molecular weight is 244 g/mol. The minimum atomic E-state index is -1.43. The number of nitrogens with one attached hydrogen (secondary N) is 1. The van der Waals surface area contributed by atoms with Crippen LogP contribution in [-0.4, -0.2) is 26.0 Å². The second-order valence-electron chi connectivity index (χ2n) is 2.84. The summed E-state index contributed by atoms with van der Waals surface area (Å²) in [6.45, 7) is 0. The number of nitrogens with zero attached hydrogens (tertiary/aromatic N) is 2. The van der Waals surface area contributed by atoms with Crippen molar-refractivity contribution in [3.63, 3.8) is 0 Å². The van der Waals surface area contributed by atoms with Gasteiger partial charge in [0, 0.05) is 6.20 Å². The molecular formula is C8H3ClFN3O3. The Bertz CT molecular complexity index is 655. The molecule has 82 valence electrons. The van der Waals surface area contributed by atoms with Crippen LogP contribution in [0.25, 0.3) is 11.2 Å². The van der Waals surface area contributed by atoms with E-state index in [9.17, 15) is 14.0 Å². The molecule has 0 aliphatic heterocycles. The lowest BCUT2D eigenvalue weighted by molar-refractivity contribution is 0.0695. The predicted molar refractivity (Wildman–Crippen MR) is 52.1 cm³/mol. The molecule has 0 aliphatic carbocycles. The molecule has 2 rings (SSSR count). The molecule has 0 radical (unpaired) electrons. The highest BCUT2D eigenvalue weighted by molar-refractivity contribution is 6.29. The van der Waals surface area contributed by atoms with Gasteiger partial charge in [0.25, 0.3) is 5.95 Å². The number of hydrogen-bond donors (Lipinski definition) is 2. The highest BCUT2D eigenvalue weighted by Gasteiger charge is 2.15. The van der Waals surface area contributed by atoms with Crippen LogP contribution in [-0.2, 0) is 0 Å². The first-order chi connectivity index (χ1) is 7.50. The monoisotopic (exact) mass is 243 g/mol. The number of hydrogen-bond acceptors (Lipinski definition) is 4. The fourth-order valence-electron chi connectivity index (χ4n) is 1.15. The maximum Gasteiger partial charge on any atom is 0.341 e. The van der Waals surface area contributed by atoms with Crippen molar-refractivity contribution in [1.29, 1.82) is 0 Å². The summed E-state index contributed by atoms with van der Waals surface area (Å²) in [5.41, 5.74) is -1.92. The molecule has 6 nitrogen and oxygen atoms in total. The van der Waals surface area contributed by atoms with E-state index in [0.717, 1.165) is 6.20 Å². The summed E-state index contributed by atoms with van der Waals surface area (Å²) < 4.78 is 13.0. The van der Waals surface area contributed by atoms with Gasteiger partial charge < -0.3 is 10.1 Å². The van der Waals surface area contributed by atoms with Gasteiger partial charge in [-0.15, -0.1) is 0 Å². The Hall–Kier alpha value is -2.02. The molecule has 2 aromatic rings. The number of H-pyrrole nitrogens is 1. The molecular weight excluding hydrogens is 241 g/mol. The Morgan fingerprint density at radius 1 is 1.50 bits per heavy atom. The first-order valence-corrected chi connectivity index (χ1v) is 4.36. The smallest absolute Gasteiger partial charge is 0.341 e. The highest BCUT2D eigenvalue weighted by Crippen LogP contribution is 2.11. The molecule has 8 heteroatoms. The van der Waals surface area contributed by atoms with E-state index >= 15 is 0 Å². The lowest BCUT2D eigenvalue weighted by atomic mass is 10.2. The molecule has 0 unspecified atom stereocenters. The number of carboxylic acids is 1. The van der Waals surface area contributed by atoms with E-state index in [1.165, 1.54) is 0 Å². The summed E-state index contributed by atoms with van der Waals surface area (Å²) in [4.78, 5) is 31.3. The number of rotatable bonds is 1. The maximum absolute atomic E-state index is 13.0. The Morgan fingerprint density at radius 2 is 2.19 bits per heavy atom. The van der Waals surface area contributed by atoms with Crippen molar-refractivity contribution in [1.82, 2.24) is 15.0 Å². The third kappa shape index (κ3) is 1.50. The minimum absolute atomic E-state index is 0.0681. The lowest BCUT2D eigenvalue weighted by Crippen LogP contribution is -2.17. The van der Waals surface area contributed by atoms with Crippen molar-refractivity contribution in [3.05, 3.63) is 33.1 Å². The van der Waals surface area contributed by atoms with E-state index in [0.29, 0.717) is 0 Å². The third-order valence-electron chi connectivity index (χ3n) is 1.86. The standard InChI is InChI=1S/C8H3ClFN3O3/c9-5-6(10)12-3-4(14)2(8(15)16)1-11-7(3)13-5/h1H,(H,15,16)(H,11,13,14). The van der Waals surface area contributed by atoms with Crippen LogP contribution >= 0.6 is 11.6 Å². The molecule has 2 N–H and O–H groups in total. The van der Waals surface area contributed by atoms with Gasteiger partial charge in [0.05, 0.1) is 0 Å². The normalized spacial score (nSPS) is 10.6. The number of aromatic nitrogens is 3. The van der Waals surface area contributed by atoms with Crippen LogP contribution in [0.1, 0.15) is 10.4 Å². The molecule has 0 fully saturated rings. The Morgan fingerprint density at radius 3 is 2.81 bits per heavy atom. The van der Waals surface area contributed by atoms with Gasteiger partial charge >= 0.3 is 5.97 Å². The molecule has 0 atom stereocenters. The number of aromatic carboxylic acids is 1. The van der Waals surface area contributed by atoms with Crippen LogP contribution in [0.5, 0.6) is 0 Å². The highest BCUT2D eigenvalue weighted by atomic mass is 35.5. The number of fused-ring (bicyclic) bond motifs is 1. The van der Waals surface area contributed by atoms with Crippen LogP contribution in [0, 0.1) is 5.95 Å². The number of pyridine rings is 1. The molecule has 0 aromatic carbocycles. The van der Waals surface area contributed by atoms with E-state index < -0.39 is 33.6 Å². The van der Waals surface area contributed by atoms with Gasteiger partial charge in [-0.05, 0) is 0 Å². The SMILES string of the molecule is O=C(O)c1c[nH]c2nc(Cl)c(F)nc2c1=O. The van der Waals surface area contributed by atoms with Gasteiger partial charge in [-0.25, -0.2) is 14.8 Å². The van der Waals surface area contributed by atoms with Crippen molar-refractivity contribution in [2.75, 3.05) is 0 Å². The predicted octanol–water partition coefficient (Wildman–Crippen LogP) is 0.809. The third-order valence-corrected chi connectivity index (χ3v) is 2.10. The van der Waals surface area contributed by atoms with Crippen LogP contribution < -0.4 is 5.43 Å². The second-order valence-corrected chi connectivity index (χ2v) is 3.20. The zero-order valence-corrected chi connectivity index (χ0v) is 8.25. The van der Waals surface area contributed by atoms with Gasteiger partial charge in [-0.2, -0.15) is 4.39 Å². The summed E-state index contributed by atoms with van der Waals surface area (Å²) in [6.07, 6.45) is 0.954. The first kappa shape index (κ1) is 10.5. The van der Waals surface area contributed by atoms with Gasteiger partial charge in [0.1, 0.15) is 5.56 Å². The van der Waals surface area contributed by atoms with Crippen LogP contribution in [0.2, 0.25) is 5.15 Å². The van der Waals surface area contributed by atoms with Crippen LogP contribution in [0.3, 0.4) is 0 Å². The molecule has 0 saturated heterocycles. The average Bonchev–Trinajstić information content (AvgIpc) is 2.21. The van der Waals surface area contributed by atoms with Crippen LogP contribution in [0.15, 0.2) is 11.0 Å². The number of carbonyl (C=O) groups is 1. The van der Waals surface area contributed by atoms with Crippen molar-refractivity contribution < 1.29 is 14.3 Å². The van der Waals surface area contributed by atoms with Crippen molar-refractivity contribution in [2.45, 2.75) is 0 Å². The molecule has 0 bridgehead atoms. The van der Waals surface area contributed by atoms with E-state index in [4.69, 9.17) is 16.7 Å². The summed E-state index contributed by atoms with van der Waals surface area (Å²) in [7, 11) is 0. The van der Waals surface area contributed by atoms with E-state index in [1.54, 1.807) is 0 Å². The fourth-order valence-corrected chi connectivity index (χ4v) is 1.27. The Kier molecular flexibility index (Phi) is 2.31. The number of halogens is 2. The fraction of sp³-hybridized carbons (Fsp3) is 0. The molecule has 2 heterocycles. The topological polar surface area (TPSA) is 95.9 Å². The molecule has 2 aromatic heterocycles. The quantitative estimate of drug-likeness (QED) is 0.773. The lowest BCUT2D eigenvalue weighted by Gasteiger charge is -1.99. The maximum atomic E-state index is 13.0. The molecule has 0 spiro atoms. The Labute approximate surface area is 91.7 Å². The molecule has 16 heavy (non-hydrogen) atoms. The first-order valence-electron chi connectivity index (χ1n) is 3.98. The van der Waals surface area contributed by atoms with E-state index in [-0.39, 0.29) is 5.65 Å². The second kappa shape index (κ2) is 3.53. The zero-order valence-electron chi connectivity index (χ0n) is 7.49. The summed E-state index contributed by atoms with van der Waals surface area (Å²) in [5, 5.41) is 8.17. The zero-order chi connectivity index (χ0) is 11.9. The van der Waals surface area contributed by atoms with Gasteiger partial charge in [-0.3, -0.25) is 4.79 Å². The van der Waals surface area contributed by atoms with Crippen LogP contribution in [0.4, 0.5) is 4.39 Å². The Balaban J connectivity index is 2.90. The molecule has 0 saturated carbocycles. The van der Waals surface area contributed by atoms with Crippen molar-refractivity contribution in [2.24, 2.45) is 0 Å². The van der Waals surface area contributed by atoms with E-state index in [1.807, 2.05) is 0 Å². The minimum Gasteiger partial charge on any atom is -0.477 e. The van der Waals surface area contributed by atoms with Crippen molar-refractivity contribution in [3.8, 4) is 0 Å². The van der Waals surface area contributed by atoms with Crippen molar-refractivity contribution >= 4 is 28.7 Å². The van der Waals surface area contributed by atoms with Gasteiger partial charge in [0.2, 0.25) is 5.43 Å². The molecule has 0 aliphatic rings. The number of carboxylic acid groups (broad SMARTS) is 1. The summed E-state index contributed by atoms with van der Waals surface area (Å²) in [6, 6.07) is 0. The molecule has 0 amide bonds. The largest absolute Gasteiger partial charge is 0.477 e. The number of aromatic amines is 1. The van der Waals surface area contributed by atoms with Gasteiger partial charge in [-0.1, -0.05) is 11.6 Å². The van der Waals surface area contributed by atoms with E-state index in [2.05, 4.69) is 15.0 Å². The van der Waals surface area contributed by atoms with Gasteiger partial charge in [0.15, 0.2) is 16.3 Å².